The summed E-state index contributed by atoms with van der Waals surface area (Å²) in [4.78, 5) is 22.4. The van der Waals surface area contributed by atoms with Crippen molar-refractivity contribution in [3.8, 4) is 0 Å². The lowest BCUT2D eigenvalue weighted by Crippen LogP contribution is -2.15. The van der Waals surface area contributed by atoms with Crippen LogP contribution in [0, 0.1) is 10.1 Å². The van der Waals surface area contributed by atoms with Gasteiger partial charge in [-0.15, -0.1) is 0 Å². The Kier molecular flexibility index (Phi) is 6.93. The maximum atomic E-state index is 12.2. The van der Waals surface area contributed by atoms with E-state index in [1.54, 1.807) is 29.1 Å². The average molecular weight is 567 g/mol. The van der Waals surface area contributed by atoms with E-state index in [-0.39, 0.29) is 29.2 Å². The second kappa shape index (κ2) is 9.24. The highest BCUT2D eigenvalue weighted by molar-refractivity contribution is 9.11. The molecule has 3 aromatic rings. The van der Waals surface area contributed by atoms with Gasteiger partial charge < -0.3 is 15.4 Å². The number of aryl methyl sites for hydroxylation is 1. The molecule has 0 aliphatic carbocycles. The fourth-order valence-electron chi connectivity index (χ4n) is 2.42. The first-order chi connectivity index (χ1) is 13.7. The van der Waals surface area contributed by atoms with E-state index in [0.29, 0.717) is 26.9 Å². The molecule has 2 heterocycles. The zero-order valence-electron chi connectivity index (χ0n) is 14.5. The fourth-order valence-corrected chi connectivity index (χ4v) is 3.77. The summed E-state index contributed by atoms with van der Waals surface area (Å²) >= 11 is 18.5. The number of hydrogen-bond acceptors (Lipinski definition) is 5. The Morgan fingerprint density at radius 3 is 2.55 bits per heavy atom. The number of anilines is 1. The quantitative estimate of drug-likeness (QED) is 0.323. The van der Waals surface area contributed by atoms with Crippen LogP contribution < -0.4 is 5.32 Å². The number of carbonyl (C=O) groups excluding carboxylic acids is 1. The van der Waals surface area contributed by atoms with E-state index < -0.39 is 4.92 Å². The minimum Gasteiger partial charge on any atom is -0.358 e. The Labute approximate surface area is 191 Å². The molecule has 0 unspecified atom stereocenters. The van der Waals surface area contributed by atoms with Crippen molar-refractivity contribution in [1.29, 1.82) is 0 Å². The van der Waals surface area contributed by atoms with Crippen molar-refractivity contribution < 1.29 is 9.72 Å². The van der Waals surface area contributed by atoms with E-state index in [1.807, 2.05) is 0 Å². The van der Waals surface area contributed by atoms with Gasteiger partial charge in [0.25, 0.3) is 0 Å². The van der Waals surface area contributed by atoms with E-state index in [1.165, 1.54) is 10.9 Å². The van der Waals surface area contributed by atoms with Crippen LogP contribution in [0.4, 0.5) is 11.6 Å². The molecule has 0 saturated heterocycles. The number of aromatic nitrogens is 4. The van der Waals surface area contributed by atoms with Gasteiger partial charge in [-0.05, 0) is 54.5 Å². The molecule has 2 aromatic heterocycles. The van der Waals surface area contributed by atoms with Gasteiger partial charge in [-0.25, -0.2) is 0 Å². The lowest BCUT2D eigenvalue weighted by Gasteiger charge is -2.05. The van der Waals surface area contributed by atoms with Crippen LogP contribution in [0.25, 0.3) is 0 Å². The predicted octanol–water partition coefficient (Wildman–Crippen LogP) is 4.90. The molecule has 1 N–H and O–H groups in total. The van der Waals surface area contributed by atoms with E-state index in [9.17, 15) is 14.9 Å². The average Bonchev–Trinajstić information content (AvgIpc) is 3.18. The van der Waals surface area contributed by atoms with Gasteiger partial charge in [-0.1, -0.05) is 29.3 Å². The summed E-state index contributed by atoms with van der Waals surface area (Å²) in [6, 6.07) is 5.19. The number of benzene rings is 1. The first kappa shape index (κ1) is 21.8. The first-order valence-corrected chi connectivity index (χ1v) is 10.4. The first-order valence-electron chi connectivity index (χ1n) is 8.07. The Bertz CT molecular complexity index is 1080. The van der Waals surface area contributed by atoms with Crippen LogP contribution in [0.2, 0.25) is 10.0 Å². The Hall–Kier alpha value is -1.95. The Morgan fingerprint density at radius 1 is 1.17 bits per heavy atom. The predicted molar refractivity (Wildman–Crippen MR) is 115 cm³/mol. The van der Waals surface area contributed by atoms with Crippen LogP contribution in [0.5, 0.6) is 0 Å². The highest BCUT2D eigenvalue weighted by Gasteiger charge is 2.19. The van der Waals surface area contributed by atoms with E-state index >= 15 is 0 Å². The minimum absolute atomic E-state index is 0.0631. The van der Waals surface area contributed by atoms with Crippen LogP contribution in [0.1, 0.15) is 12.0 Å². The molecular formula is C16H12Br2Cl2N6O3. The van der Waals surface area contributed by atoms with Gasteiger partial charge >= 0.3 is 5.82 Å². The van der Waals surface area contributed by atoms with Gasteiger partial charge in [0.15, 0.2) is 5.82 Å². The standard InChI is InChI=1S/C16H12Br2Cl2N6O3/c17-11-7-25(6-9-1-2-10(19)5-13(9)20)22-15(11)21-14(27)3-4-24-8-12(18)16(23-24)26(28)29/h1-2,5,7-8H,3-4,6H2,(H,21,22,27). The molecule has 152 valence electrons. The highest BCUT2D eigenvalue weighted by Crippen LogP contribution is 2.25. The second-order valence-corrected chi connectivity index (χ2v) is 8.43. The summed E-state index contributed by atoms with van der Waals surface area (Å²) in [6.07, 6.45) is 3.23. The largest absolute Gasteiger partial charge is 0.404 e. The third kappa shape index (κ3) is 5.56. The number of hydrogen-bond donors (Lipinski definition) is 1. The summed E-state index contributed by atoms with van der Waals surface area (Å²) in [6.45, 7) is 0.576. The molecule has 13 heteroatoms. The third-order valence-corrected chi connectivity index (χ3v) is 5.49. The molecule has 0 fully saturated rings. The highest BCUT2D eigenvalue weighted by atomic mass is 79.9. The number of nitrogens with zero attached hydrogens (tertiary/aromatic N) is 5. The molecule has 0 aliphatic heterocycles. The monoisotopic (exact) mass is 564 g/mol. The normalized spacial score (nSPS) is 10.9. The summed E-state index contributed by atoms with van der Waals surface area (Å²) in [7, 11) is 0. The maximum Gasteiger partial charge on any atom is 0.404 e. The number of nitro groups is 1. The number of nitrogens with one attached hydrogen (secondary N) is 1. The number of rotatable bonds is 7. The van der Waals surface area contributed by atoms with Crippen molar-refractivity contribution in [2.75, 3.05) is 5.32 Å². The lowest BCUT2D eigenvalue weighted by molar-refractivity contribution is -0.390. The molecule has 0 radical (unpaired) electrons. The Morgan fingerprint density at radius 2 is 1.90 bits per heavy atom. The molecule has 1 amide bonds. The molecule has 0 aliphatic rings. The molecule has 0 atom stereocenters. The molecule has 3 rings (SSSR count). The van der Waals surface area contributed by atoms with Gasteiger partial charge in [0.2, 0.25) is 5.91 Å². The molecule has 9 nitrogen and oxygen atoms in total. The van der Waals surface area contributed by atoms with E-state index in [2.05, 4.69) is 47.4 Å². The zero-order valence-corrected chi connectivity index (χ0v) is 19.2. The molecule has 29 heavy (non-hydrogen) atoms. The van der Waals surface area contributed by atoms with Crippen LogP contribution in [0.15, 0.2) is 39.5 Å². The van der Waals surface area contributed by atoms with Crippen molar-refractivity contribution in [3.05, 3.63) is 65.3 Å². The van der Waals surface area contributed by atoms with Gasteiger partial charge in [0.05, 0.1) is 28.9 Å². The summed E-state index contributed by atoms with van der Waals surface area (Å²) in [5, 5.41) is 22.7. The lowest BCUT2D eigenvalue weighted by atomic mass is 10.2. The van der Waals surface area contributed by atoms with Crippen LogP contribution >= 0.6 is 55.1 Å². The number of halogens is 4. The second-order valence-electron chi connectivity index (χ2n) is 5.88. The third-order valence-electron chi connectivity index (χ3n) is 3.76. The summed E-state index contributed by atoms with van der Waals surface area (Å²) in [5.41, 5.74) is 0.829. The molecule has 0 spiro atoms. The van der Waals surface area contributed by atoms with Crippen molar-refractivity contribution in [2.24, 2.45) is 0 Å². The maximum absolute atomic E-state index is 12.2. The van der Waals surface area contributed by atoms with Gasteiger partial charge in [0, 0.05) is 22.7 Å². The topological polar surface area (TPSA) is 108 Å². The van der Waals surface area contributed by atoms with Crippen molar-refractivity contribution in [2.45, 2.75) is 19.5 Å². The SMILES string of the molecule is O=C(CCn1cc(Br)c([N+](=O)[O-])n1)Nc1nn(Cc2ccc(Cl)cc2Cl)cc1Br. The fraction of sp³-hybridized carbons (Fsp3) is 0.188. The van der Waals surface area contributed by atoms with E-state index in [0.717, 1.165) is 5.56 Å². The minimum atomic E-state index is -0.600. The molecule has 0 saturated carbocycles. The van der Waals surface area contributed by atoms with Gasteiger partial charge in [0.1, 0.15) is 4.47 Å². The van der Waals surface area contributed by atoms with Gasteiger partial charge in [-0.2, -0.15) is 9.78 Å². The zero-order chi connectivity index (χ0) is 21.1. The summed E-state index contributed by atoms with van der Waals surface area (Å²) < 4.78 is 3.82. The Balaban J connectivity index is 1.61. The molecule has 1 aromatic carbocycles. The molecule has 0 bridgehead atoms. The van der Waals surface area contributed by atoms with Crippen molar-refractivity contribution in [3.63, 3.8) is 0 Å². The van der Waals surface area contributed by atoms with Crippen LogP contribution in [0.3, 0.4) is 0 Å². The number of amides is 1. The van der Waals surface area contributed by atoms with Crippen LogP contribution in [-0.4, -0.2) is 30.4 Å². The number of carbonyl (C=O) groups is 1. The van der Waals surface area contributed by atoms with Crippen LogP contribution in [-0.2, 0) is 17.9 Å². The smallest absolute Gasteiger partial charge is 0.358 e. The molecular weight excluding hydrogens is 555 g/mol. The van der Waals surface area contributed by atoms with Crippen molar-refractivity contribution >= 4 is 72.6 Å². The summed E-state index contributed by atoms with van der Waals surface area (Å²) in [5.74, 6) is -0.254. The van der Waals surface area contributed by atoms with Crippen molar-refractivity contribution in [1.82, 2.24) is 19.6 Å². The van der Waals surface area contributed by atoms with E-state index in [4.69, 9.17) is 23.2 Å². The van der Waals surface area contributed by atoms with Gasteiger partial charge in [-0.3, -0.25) is 9.48 Å².